The van der Waals surface area contributed by atoms with Crippen molar-refractivity contribution in [1.82, 2.24) is 5.32 Å². The summed E-state index contributed by atoms with van der Waals surface area (Å²) < 4.78 is 0. The molecule has 27 heavy (non-hydrogen) atoms. The van der Waals surface area contributed by atoms with Crippen LogP contribution in [0.2, 0.25) is 0 Å². The largest absolute Gasteiger partial charge is 0.369 e. The maximum atomic E-state index is 6.04. The molecule has 0 radical (unpaired) electrons. The molecule has 0 bridgehead atoms. The van der Waals surface area contributed by atoms with Crippen molar-refractivity contribution in [2.75, 3.05) is 18.5 Å². The molecule has 4 heteroatoms. The average molecular weight is 365 g/mol. The normalized spacial score (nSPS) is 11.3. The lowest BCUT2D eigenvalue weighted by Gasteiger charge is -2.21. The van der Waals surface area contributed by atoms with Crippen LogP contribution in [-0.2, 0) is 6.42 Å². The van der Waals surface area contributed by atoms with E-state index < -0.39 is 0 Å². The maximum absolute atomic E-state index is 6.04. The van der Waals surface area contributed by atoms with Crippen LogP contribution < -0.4 is 16.0 Å². The van der Waals surface area contributed by atoms with Crippen LogP contribution in [0.1, 0.15) is 37.3 Å². The van der Waals surface area contributed by atoms with Gasteiger partial charge in [0, 0.05) is 18.4 Å². The summed E-state index contributed by atoms with van der Waals surface area (Å²) in [6.07, 6.45) is 4.87. The lowest BCUT2D eigenvalue weighted by atomic mass is 10.1. The zero-order valence-electron chi connectivity index (χ0n) is 16.8. The van der Waals surface area contributed by atoms with E-state index in [4.69, 9.17) is 5.73 Å². The summed E-state index contributed by atoms with van der Waals surface area (Å²) in [4.78, 5) is 6.55. The minimum Gasteiger partial charge on any atom is -0.369 e. The molecule has 0 saturated carbocycles. The number of nitrogens with two attached hydrogens (primary N) is 1. The molecule has 2 aromatic carbocycles. The van der Waals surface area contributed by atoms with Gasteiger partial charge < -0.3 is 16.0 Å². The summed E-state index contributed by atoms with van der Waals surface area (Å²) in [6, 6.07) is 16.7. The van der Waals surface area contributed by atoms with Gasteiger partial charge in [-0.25, -0.2) is 4.99 Å². The predicted molar refractivity (Wildman–Crippen MR) is 118 cm³/mol. The van der Waals surface area contributed by atoms with E-state index in [-0.39, 0.29) is 0 Å². The molecule has 3 N–H and O–H groups in total. The number of aliphatic imine (C=N–C) groups is 1. The molecule has 4 nitrogen and oxygen atoms in total. The zero-order chi connectivity index (χ0) is 19.6. The standard InChI is InChI=1S/C23H32N4/c1-5-6-7-8-20-11-13-21(14-12-20)26-23(24)25-19(3)17-27(4)22-15-9-18(2)10-16-22/h9-16H,3,5-8,17H2,1-2,4H3,(H3,24,25,26). The van der Waals surface area contributed by atoms with Gasteiger partial charge in [-0.3, -0.25) is 0 Å². The molecule has 0 aliphatic heterocycles. The van der Waals surface area contributed by atoms with Gasteiger partial charge in [0.2, 0.25) is 0 Å². The number of nitrogens with one attached hydrogen (secondary N) is 1. The van der Waals surface area contributed by atoms with Crippen LogP contribution in [-0.4, -0.2) is 19.6 Å². The number of rotatable bonds is 9. The summed E-state index contributed by atoms with van der Waals surface area (Å²) in [7, 11) is 2.03. The van der Waals surface area contributed by atoms with Gasteiger partial charge in [-0.05, 0) is 49.6 Å². The van der Waals surface area contributed by atoms with Crippen molar-refractivity contribution in [3.8, 4) is 0 Å². The molecule has 0 fully saturated rings. The lowest BCUT2D eigenvalue weighted by molar-refractivity contribution is 0.717. The zero-order valence-corrected chi connectivity index (χ0v) is 16.8. The number of unbranched alkanes of at least 4 members (excludes halogenated alkanes) is 2. The Bertz CT molecular complexity index is 745. The van der Waals surface area contributed by atoms with Crippen molar-refractivity contribution in [2.45, 2.75) is 39.5 Å². The van der Waals surface area contributed by atoms with E-state index in [0.29, 0.717) is 12.5 Å². The molecule has 144 valence electrons. The summed E-state index contributed by atoms with van der Waals surface area (Å²) >= 11 is 0. The Balaban J connectivity index is 1.86. The lowest BCUT2D eigenvalue weighted by Crippen LogP contribution is -2.35. The van der Waals surface area contributed by atoms with Crippen LogP contribution >= 0.6 is 0 Å². The Hall–Kier alpha value is -2.75. The second-order valence-corrected chi connectivity index (χ2v) is 7.04. The molecule has 0 saturated heterocycles. The van der Waals surface area contributed by atoms with E-state index in [2.05, 4.69) is 72.0 Å². The third-order valence-electron chi connectivity index (χ3n) is 4.46. The summed E-state index contributed by atoms with van der Waals surface area (Å²) in [5, 5.41) is 3.09. The van der Waals surface area contributed by atoms with E-state index >= 15 is 0 Å². The van der Waals surface area contributed by atoms with E-state index in [0.717, 1.165) is 23.5 Å². The molecule has 0 spiro atoms. The van der Waals surface area contributed by atoms with Crippen LogP contribution in [0.3, 0.4) is 0 Å². The highest BCUT2D eigenvalue weighted by atomic mass is 15.2. The number of likely N-dealkylation sites (N-methyl/N-ethyl adjacent to an activating group) is 1. The summed E-state index contributed by atoms with van der Waals surface area (Å²) in [6.45, 7) is 9.01. The van der Waals surface area contributed by atoms with Gasteiger partial charge in [-0.2, -0.15) is 0 Å². The van der Waals surface area contributed by atoms with Gasteiger partial charge in [0.05, 0.1) is 12.2 Å². The quantitative estimate of drug-likeness (QED) is 0.377. The molecule has 0 aliphatic carbocycles. The minimum absolute atomic E-state index is 0.357. The first-order valence-electron chi connectivity index (χ1n) is 9.63. The van der Waals surface area contributed by atoms with Gasteiger partial charge in [0.1, 0.15) is 0 Å². The van der Waals surface area contributed by atoms with Gasteiger partial charge in [0.15, 0.2) is 5.96 Å². The Labute approximate surface area is 163 Å². The van der Waals surface area contributed by atoms with Crippen LogP contribution in [0.15, 0.2) is 65.8 Å². The third kappa shape index (κ3) is 7.18. The number of benzene rings is 2. The third-order valence-corrected chi connectivity index (χ3v) is 4.46. The number of aryl methyl sites for hydroxylation is 2. The van der Waals surface area contributed by atoms with E-state index in [1.807, 2.05) is 19.2 Å². The number of hydrogen-bond acceptors (Lipinski definition) is 2. The molecule has 2 rings (SSSR count). The van der Waals surface area contributed by atoms with Crippen LogP contribution in [0, 0.1) is 6.92 Å². The Morgan fingerprint density at radius 3 is 2.37 bits per heavy atom. The number of nitrogens with zero attached hydrogens (tertiary/aromatic N) is 2. The van der Waals surface area contributed by atoms with Gasteiger partial charge in [-0.15, -0.1) is 0 Å². The second kappa shape index (κ2) is 10.4. The maximum Gasteiger partial charge on any atom is 0.198 e. The smallest absolute Gasteiger partial charge is 0.198 e. The van der Waals surface area contributed by atoms with Crippen LogP contribution in [0.25, 0.3) is 0 Å². The SMILES string of the molecule is C=C(CN(C)c1ccc(C)cc1)NC(N)=Nc1ccc(CCCCC)cc1. The minimum atomic E-state index is 0.357. The van der Waals surface area contributed by atoms with Gasteiger partial charge in [-0.1, -0.05) is 56.2 Å². The van der Waals surface area contributed by atoms with Crippen molar-refractivity contribution in [3.63, 3.8) is 0 Å². The molecule has 0 aliphatic rings. The van der Waals surface area contributed by atoms with E-state index in [9.17, 15) is 0 Å². The summed E-state index contributed by atoms with van der Waals surface area (Å²) in [5.74, 6) is 0.357. The van der Waals surface area contributed by atoms with Crippen molar-refractivity contribution in [2.24, 2.45) is 10.7 Å². The van der Waals surface area contributed by atoms with E-state index in [1.54, 1.807) is 0 Å². The number of anilines is 1. The fraction of sp³-hybridized carbons (Fsp3) is 0.348. The highest BCUT2D eigenvalue weighted by Crippen LogP contribution is 2.16. The molecular weight excluding hydrogens is 332 g/mol. The van der Waals surface area contributed by atoms with Crippen LogP contribution in [0.4, 0.5) is 11.4 Å². The van der Waals surface area contributed by atoms with E-state index in [1.165, 1.54) is 30.4 Å². The monoisotopic (exact) mass is 364 g/mol. The van der Waals surface area contributed by atoms with Crippen molar-refractivity contribution < 1.29 is 0 Å². The van der Waals surface area contributed by atoms with Crippen molar-refractivity contribution in [1.29, 1.82) is 0 Å². The average Bonchev–Trinajstić information content (AvgIpc) is 2.63. The fourth-order valence-corrected chi connectivity index (χ4v) is 2.88. The highest BCUT2D eigenvalue weighted by molar-refractivity contribution is 5.82. The Morgan fingerprint density at radius 2 is 1.74 bits per heavy atom. The first kappa shape index (κ1) is 20.6. The van der Waals surface area contributed by atoms with Crippen molar-refractivity contribution >= 4 is 17.3 Å². The fourth-order valence-electron chi connectivity index (χ4n) is 2.88. The van der Waals surface area contributed by atoms with Crippen LogP contribution in [0.5, 0.6) is 0 Å². The number of guanidine groups is 1. The molecule has 0 heterocycles. The first-order valence-corrected chi connectivity index (χ1v) is 9.63. The predicted octanol–water partition coefficient (Wildman–Crippen LogP) is 4.91. The molecule has 2 aromatic rings. The topological polar surface area (TPSA) is 53.6 Å². The second-order valence-electron chi connectivity index (χ2n) is 7.04. The first-order chi connectivity index (χ1) is 13.0. The molecule has 0 aromatic heterocycles. The molecular formula is C23H32N4. The van der Waals surface area contributed by atoms with Gasteiger partial charge >= 0.3 is 0 Å². The molecule has 0 atom stereocenters. The molecule has 0 amide bonds. The van der Waals surface area contributed by atoms with Crippen molar-refractivity contribution in [3.05, 3.63) is 71.9 Å². The summed E-state index contributed by atoms with van der Waals surface area (Å²) in [5.41, 5.74) is 11.4. The molecule has 0 unspecified atom stereocenters. The highest BCUT2D eigenvalue weighted by Gasteiger charge is 2.04. The van der Waals surface area contributed by atoms with Gasteiger partial charge in [0.25, 0.3) is 0 Å². The number of hydrogen-bond donors (Lipinski definition) is 2. The Morgan fingerprint density at radius 1 is 1.07 bits per heavy atom. The Kier molecular flexibility index (Phi) is 7.93.